The molecular weight excluding hydrogens is 226 g/mol. The lowest BCUT2D eigenvalue weighted by Crippen LogP contribution is -2.39. The van der Waals surface area contributed by atoms with E-state index in [1.54, 1.807) is 0 Å². The molecular formula is C15H29NO2. The van der Waals surface area contributed by atoms with Gasteiger partial charge < -0.3 is 9.84 Å². The van der Waals surface area contributed by atoms with Crippen molar-refractivity contribution in [2.45, 2.75) is 45.6 Å². The Morgan fingerprint density at radius 2 is 1.94 bits per heavy atom. The lowest BCUT2D eigenvalue weighted by atomic mass is 9.73. The molecule has 3 unspecified atom stereocenters. The van der Waals surface area contributed by atoms with Crippen molar-refractivity contribution < 1.29 is 9.84 Å². The molecule has 3 nitrogen and oxygen atoms in total. The summed E-state index contributed by atoms with van der Waals surface area (Å²) in [6, 6.07) is 0. The summed E-state index contributed by atoms with van der Waals surface area (Å²) in [5.74, 6) is 2.11. The highest BCUT2D eigenvalue weighted by molar-refractivity contribution is 4.82. The monoisotopic (exact) mass is 255 g/mol. The zero-order valence-electron chi connectivity index (χ0n) is 12.0. The van der Waals surface area contributed by atoms with Gasteiger partial charge in [0.2, 0.25) is 0 Å². The Balaban J connectivity index is 1.75. The molecule has 1 N–H and O–H groups in total. The Bertz CT molecular complexity index is 239. The van der Waals surface area contributed by atoms with Crippen molar-refractivity contribution in [3.05, 3.63) is 0 Å². The number of aliphatic hydroxyl groups is 1. The highest BCUT2D eigenvalue weighted by Gasteiger charge is 2.30. The Hall–Kier alpha value is -0.120. The minimum atomic E-state index is -0.0546. The number of hydrogen-bond donors (Lipinski definition) is 1. The number of aliphatic hydroxyl groups excluding tert-OH is 1. The highest BCUT2D eigenvalue weighted by atomic mass is 16.5. The SMILES string of the molecule is CC(C)C1CCC(O)C(CCN2CCOCC2)C1. The van der Waals surface area contributed by atoms with Gasteiger partial charge in [-0.1, -0.05) is 13.8 Å². The van der Waals surface area contributed by atoms with E-state index in [9.17, 15) is 5.11 Å². The van der Waals surface area contributed by atoms with Gasteiger partial charge in [-0.2, -0.15) is 0 Å². The molecule has 1 aliphatic heterocycles. The van der Waals surface area contributed by atoms with Crippen LogP contribution in [0.3, 0.4) is 0 Å². The molecule has 0 aromatic carbocycles. The van der Waals surface area contributed by atoms with E-state index >= 15 is 0 Å². The predicted octanol–water partition coefficient (Wildman–Crippen LogP) is 2.14. The lowest BCUT2D eigenvalue weighted by Gasteiger charge is -2.37. The molecule has 3 atom stereocenters. The fraction of sp³-hybridized carbons (Fsp3) is 1.00. The van der Waals surface area contributed by atoms with Crippen molar-refractivity contribution >= 4 is 0 Å². The molecule has 1 saturated carbocycles. The number of morpholine rings is 1. The van der Waals surface area contributed by atoms with Crippen LogP contribution in [0.25, 0.3) is 0 Å². The minimum absolute atomic E-state index is 0.0546. The third-order valence-corrected chi connectivity index (χ3v) is 4.85. The summed E-state index contributed by atoms with van der Waals surface area (Å²) in [5, 5.41) is 10.2. The first-order chi connectivity index (χ1) is 8.66. The summed E-state index contributed by atoms with van der Waals surface area (Å²) in [4.78, 5) is 2.48. The summed E-state index contributed by atoms with van der Waals surface area (Å²) in [5.41, 5.74) is 0. The zero-order chi connectivity index (χ0) is 13.0. The van der Waals surface area contributed by atoms with Crippen LogP contribution < -0.4 is 0 Å². The molecule has 2 fully saturated rings. The van der Waals surface area contributed by atoms with Gasteiger partial charge >= 0.3 is 0 Å². The van der Waals surface area contributed by atoms with Gasteiger partial charge in [0.15, 0.2) is 0 Å². The first-order valence-electron chi connectivity index (χ1n) is 7.65. The molecule has 18 heavy (non-hydrogen) atoms. The van der Waals surface area contributed by atoms with Crippen molar-refractivity contribution in [2.75, 3.05) is 32.8 Å². The Morgan fingerprint density at radius 3 is 2.61 bits per heavy atom. The first kappa shape index (κ1) is 14.3. The third-order valence-electron chi connectivity index (χ3n) is 4.85. The molecule has 1 heterocycles. The fourth-order valence-corrected chi connectivity index (χ4v) is 3.37. The smallest absolute Gasteiger partial charge is 0.0594 e. The maximum atomic E-state index is 10.2. The van der Waals surface area contributed by atoms with Gasteiger partial charge in [-0.3, -0.25) is 4.90 Å². The van der Waals surface area contributed by atoms with Gasteiger partial charge in [-0.25, -0.2) is 0 Å². The van der Waals surface area contributed by atoms with Crippen LogP contribution in [-0.2, 0) is 4.74 Å². The van der Waals surface area contributed by atoms with E-state index in [0.717, 1.165) is 57.5 Å². The zero-order valence-corrected chi connectivity index (χ0v) is 12.0. The van der Waals surface area contributed by atoms with Gasteiger partial charge in [-0.05, 0) is 50.0 Å². The molecule has 0 bridgehead atoms. The van der Waals surface area contributed by atoms with Gasteiger partial charge in [0.05, 0.1) is 19.3 Å². The van der Waals surface area contributed by atoms with Gasteiger partial charge in [0.25, 0.3) is 0 Å². The van der Waals surface area contributed by atoms with Crippen LogP contribution in [0.5, 0.6) is 0 Å². The molecule has 0 amide bonds. The maximum absolute atomic E-state index is 10.2. The van der Waals surface area contributed by atoms with Crippen molar-refractivity contribution in [3.8, 4) is 0 Å². The number of hydrogen-bond acceptors (Lipinski definition) is 3. The molecule has 1 aliphatic carbocycles. The van der Waals surface area contributed by atoms with Crippen molar-refractivity contribution in [3.63, 3.8) is 0 Å². The quantitative estimate of drug-likeness (QED) is 0.835. The Kier molecular flexibility index (Phi) is 5.46. The molecule has 0 aromatic rings. The largest absolute Gasteiger partial charge is 0.393 e. The second kappa shape index (κ2) is 6.88. The van der Waals surface area contributed by atoms with E-state index in [2.05, 4.69) is 18.7 Å². The van der Waals surface area contributed by atoms with Crippen LogP contribution in [0.15, 0.2) is 0 Å². The van der Waals surface area contributed by atoms with Crippen LogP contribution >= 0.6 is 0 Å². The fourth-order valence-electron chi connectivity index (χ4n) is 3.37. The van der Waals surface area contributed by atoms with E-state index in [1.165, 1.54) is 12.8 Å². The second-order valence-electron chi connectivity index (χ2n) is 6.39. The Labute approximate surface area is 112 Å². The van der Waals surface area contributed by atoms with Crippen molar-refractivity contribution in [1.29, 1.82) is 0 Å². The predicted molar refractivity (Wildman–Crippen MR) is 73.6 cm³/mol. The van der Waals surface area contributed by atoms with Crippen molar-refractivity contribution in [1.82, 2.24) is 4.90 Å². The molecule has 1 saturated heterocycles. The van der Waals surface area contributed by atoms with Crippen molar-refractivity contribution in [2.24, 2.45) is 17.8 Å². The van der Waals surface area contributed by atoms with Gasteiger partial charge in [0, 0.05) is 13.1 Å². The van der Waals surface area contributed by atoms with Gasteiger partial charge in [0.1, 0.15) is 0 Å². The van der Waals surface area contributed by atoms with Crippen LogP contribution in [0.4, 0.5) is 0 Å². The molecule has 2 aliphatic rings. The summed E-state index contributed by atoms with van der Waals surface area (Å²) >= 11 is 0. The first-order valence-corrected chi connectivity index (χ1v) is 7.65. The molecule has 0 aromatic heterocycles. The highest BCUT2D eigenvalue weighted by Crippen LogP contribution is 2.35. The van der Waals surface area contributed by atoms with E-state index in [-0.39, 0.29) is 6.10 Å². The summed E-state index contributed by atoms with van der Waals surface area (Å²) in [7, 11) is 0. The minimum Gasteiger partial charge on any atom is -0.393 e. The summed E-state index contributed by atoms with van der Waals surface area (Å²) in [6.45, 7) is 9.66. The Morgan fingerprint density at radius 1 is 1.22 bits per heavy atom. The maximum Gasteiger partial charge on any atom is 0.0594 e. The lowest BCUT2D eigenvalue weighted by molar-refractivity contribution is 0.0104. The summed E-state index contributed by atoms with van der Waals surface area (Å²) in [6.07, 6.45) is 4.55. The molecule has 0 radical (unpaired) electrons. The molecule has 0 spiro atoms. The van der Waals surface area contributed by atoms with Crippen LogP contribution in [-0.4, -0.2) is 49.0 Å². The van der Waals surface area contributed by atoms with E-state index < -0.39 is 0 Å². The third kappa shape index (κ3) is 3.94. The van der Waals surface area contributed by atoms with E-state index in [0.29, 0.717) is 5.92 Å². The van der Waals surface area contributed by atoms with E-state index in [4.69, 9.17) is 4.74 Å². The normalized spacial score (nSPS) is 35.0. The number of nitrogens with zero attached hydrogens (tertiary/aromatic N) is 1. The number of rotatable bonds is 4. The second-order valence-corrected chi connectivity index (χ2v) is 6.39. The molecule has 3 heteroatoms. The standard InChI is InChI=1S/C15H29NO2/c1-12(2)13-3-4-15(17)14(11-13)5-6-16-7-9-18-10-8-16/h12-15,17H,3-11H2,1-2H3. The molecule has 106 valence electrons. The van der Waals surface area contributed by atoms with Crippen LogP contribution in [0, 0.1) is 17.8 Å². The number of ether oxygens (including phenoxy) is 1. The molecule has 2 rings (SSSR count). The van der Waals surface area contributed by atoms with Crippen LogP contribution in [0.2, 0.25) is 0 Å². The van der Waals surface area contributed by atoms with Gasteiger partial charge in [-0.15, -0.1) is 0 Å². The average Bonchev–Trinajstić information content (AvgIpc) is 2.38. The summed E-state index contributed by atoms with van der Waals surface area (Å²) < 4.78 is 5.37. The van der Waals surface area contributed by atoms with Crippen LogP contribution in [0.1, 0.15) is 39.5 Å². The topological polar surface area (TPSA) is 32.7 Å². The average molecular weight is 255 g/mol. The van der Waals surface area contributed by atoms with E-state index in [1.807, 2.05) is 0 Å².